The van der Waals surface area contributed by atoms with Gasteiger partial charge in [0.15, 0.2) is 0 Å². The molecule has 1 atom stereocenters. The second-order valence-corrected chi connectivity index (χ2v) is 3.21. The second kappa shape index (κ2) is 9.53. The Bertz CT molecular complexity index is 147. The van der Waals surface area contributed by atoms with Crippen molar-refractivity contribution in [3.8, 4) is 0 Å². The van der Waals surface area contributed by atoms with E-state index >= 15 is 0 Å². The van der Waals surface area contributed by atoms with E-state index in [2.05, 4.69) is 26.0 Å². The fraction of sp³-hybridized carbons (Fsp3) is 0.667. The van der Waals surface area contributed by atoms with Gasteiger partial charge in [-0.2, -0.15) is 0 Å². The van der Waals surface area contributed by atoms with Crippen LogP contribution in [0.4, 0.5) is 0 Å². The van der Waals surface area contributed by atoms with E-state index in [9.17, 15) is 5.11 Å². The van der Waals surface area contributed by atoms with Crippen LogP contribution in [0.1, 0.15) is 46.0 Å². The Morgan fingerprint density at radius 1 is 1.08 bits per heavy atom. The van der Waals surface area contributed by atoms with Gasteiger partial charge in [0.25, 0.3) is 0 Å². The van der Waals surface area contributed by atoms with Crippen molar-refractivity contribution in [2.75, 3.05) is 0 Å². The highest BCUT2D eigenvalue weighted by molar-refractivity contribution is 4.88. The monoisotopic (exact) mass is 182 g/mol. The quantitative estimate of drug-likeness (QED) is 0.472. The largest absolute Gasteiger partial charge is 0.389 e. The maximum Gasteiger partial charge on any atom is 0.0721 e. The number of hydrogen-bond acceptors (Lipinski definition) is 1. The summed E-state index contributed by atoms with van der Waals surface area (Å²) in [6, 6.07) is 0. The van der Waals surface area contributed by atoms with Crippen LogP contribution in [0.25, 0.3) is 0 Å². The van der Waals surface area contributed by atoms with Crippen LogP contribution >= 0.6 is 0 Å². The van der Waals surface area contributed by atoms with Crippen molar-refractivity contribution < 1.29 is 5.11 Å². The lowest BCUT2D eigenvalue weighted by Crippen LogP contribution is -2.00. The Morgan fingerprint density at radius 3 is 2.38 bits per heavy atom. The molecule has 0 rings (SSSR count). The molecule has 0 aromatic rings. The second-order valence-electron chi connectivity index (χ2n) is 3.21. The van der Waals surface area contributed by atoms with Crippen molar-refractivity contribution in [2.45, 2.75) is 52.1 Å². The molecule has 0 aliphatic carbocycles. The van der Waals surface area contributed by atoms with Crippen LogP contribution in [0.5, 0.6) is 0 Å². The lowest BCUT2D eigenvalue weighted by atomic mass is 10.1. The molecule has 76 valence electrons. The molecule has 0 aromatic carbocycles. The van der Waals surface area contributed by atoms with Crippen LogP contribution in [-0.2, 0) is 0 Å². The Labute approximate surface area is 82.2 Å². The van der Waals surface area contributed by atoms with Gasteiger partial charge in [-0.3, -0.25) is 0 Å². The summed E-state index contributed by atoms with van der Waals surface area (Å²) in [6.07, 6.45) is 13.2. The molecule has 0 fully saturated rings. The number of rotatable bonds is 7. The van der Waals surface area contributed by atoms with Gasteiger partial charge in [0.2, 0.25) is 0 Å². The van der Waals surface area contributed by atoms with E-state index in [0.29, 0.717) is 0 Å². The van der Waals surface area contributed by atoms with E-state index in [1.807, 2.05) is 12.2 Å². The van der Waals surface area contributed by atoms with E-state index < -0.39 is 0 Å². The third-order valence-electron chi connectivity index (χ3n) is 1.87. The minimum Gasteiger partial charge on any atom is -0.389 e. The van der Waals surface area contributed by atoms with Gasteiger partial charge < -0.3 is 5.11 Å². The van der Waals surface area contributed by atoms with Crippen LogP contribution in [0, 0.1) is 0 Å². The molecule has 1 N–H and O–H groups in total. The summed E-state index contributed by atoms with van der Waals surface area (Å²) in [5.41, 5.74) is 0. The molecule has 0 aliphatic rings. The average Bonchev–Trinajstić information content (AvgIpc) is 2.14. The molecule has 0 spiro atoms. The molecule has 0 amide bonds. The first-order chi connectivity index (χ1) is 6.31. The molecule has 0 bridgehead atoms. The van der Waals surface area contributed by atoms with E-state index in [0.717, 1.165) is 32.1 Å². The normalized spacial score (nSPS) is 14.4. The molecular weight excluding hydrogens is 160 g/mol. The molecular formula is C12H22O. The first-order valence-electron chi connectivity index (χ1n) is 5.31. The Kier molecular flexibility index (Phi) is 9.12. The highest BCUT2D eigenvalue weighted by Crippen LogP contribution is 2.03. The fourth-order valence-corrected chi connectivity index (χ4v) is 1.12. The summed E-state index contributed by atoms with van der Waals surface area (Å²) >= 11 is 0. The van der Waals surface area contributed by atoms with Gasteiger partial charge in [-0.15, -0.1) is 0 Å². The zero-order chi connectivity index (χ0) is 9.94. The van der Waals surface area contributed by atoms with Gasteiger partial charge in [0.05, 0.1) is 6.10 Å². The van der Waals surface area contributed by atoms with Gasteiger partial charge >= 0.3 is 0 Å². The summed E-state index contributed by atoms with van der Waals surface area (Å²) < 4.78 is 0. The van der Waals surface area contributed by atoms with Crippen molar-refractivity contribution in [1.82, 2.24) is 0 Å². The number of unbranched alkanes of at least 4 members (excludes halogenated alkanes) is 1. The lowest BCUT2D eigenvalue weighted by Gasteiger charge is -2.02. The topological polar surface area (TPSA) is 20.2 Å². The summed E-state index contributed by atoms with van der Waals surface area (Å²) in [6.45, 7) is 4.21. The molecule has 0 saturated carbocycles. The van der Waals surface area contributed by atoms with Crippen molar-refractivity contribution in [2.24, 2.45) is 0 Å². The van der Waals surface area contributed by atoms with Crippen LogP contribution in [-0.4, -0.2) is 11.2 Å². The van der Waals surface area contributed by atoms with Crippen molar-refractivity contribution >= 4 is 0 Å². The fourth-order valence-electron chi connectivity index (χ4n) is 1.12. The minimum absolute atomic E-state index is 0.241. The molecule has 0 saturated heterocycles. The number of aliphatic hydroxyl groups excluding tert-OH is 1. The first-order valence-corrected chi connectivity index (χ1v) is 5.31. The van der Waals surface area contributed by atoms with Crippen molar-refractivity contribution in [3.63, 3.8) is 0 Å². The van der Waals surface area contributed by atoms with E-state index in [4.69, 9.17) is 0 Å². The van der Waals surface area contributed by atoms with Crippen LogP contribution in [0.3, 0.4) is 0 Å². The molecule has 0 aromatic heterocycles. The number of hydrogen-bond donors (Lipinski definition) is 1. The summed E-state index contributed by atoms with van der Waals surface area (Å²) in [7, 11) is 0. The predicted octanol–water partition coefficient (Wildman–Crippen LogP) is 3.45. The Hall–Kier alpha value is -0.560. The summed E-state index contributed by atoms with van der Waals surface area (Å²) in [5.74, 6) is 0. The standard InChI is InChI=1S/C12H22O/c1-3-5-7-8-9-11-12(13)10-6-4-2/h5-7,10,12-13H,3-4,8-9,11H2,1-2H3/b7-5-,10-6-. The molecule has 13 heavy (non-hydrogen) atoms. The first kappa shape index (κ1) is 12.4. The third kappa shape index (κ3) is 9.35. The number of aliphatic hydroxyl groups is 1. The maximum absolute atomic E-state index is 9.43. The van der Waals surface area contributed by atoms with Crippen molar-refractivity contribution in [3.05, 3.63) is 24.3 Å². The van der Waals surface area contributed by atoms with Crippen LogP contribution in [0.2, 0.25) is 0 Å². The Morgan fingerprint density at radius 2 is 1.77 bits per heavy atom. The highest BCUT2D eigenvalue weighted by Gasteiger charge is 1.96. The van der Waals surface area contributed by atoms with Gasteiger partial charge in [-0.1, -0.05) is 38.2 Å². The van der Waals surface area contributed by atoms with E-state index in [1.165, 1.54) is 0 Å². The smallest absolute Gasteiger partial charge is 0.0721 e. The zero-order valence-corrected chi connectivity index (χ0v) is 8.87. The molecule has 0 radical (unpaired) electrons. The average molecular weight is 182 g/mol. The van der Waals surface area contributed by atoms with Crippen LogP contribution < -0.4 is 0 Å². The van der Waals surface area contributed by atoms with Gasteiger partial charge in [0, 0.05) is 0 Å². The predicted molar refractivity (Wildman–Crippen MR) is 58.7 cm³/mol. The summed E-state index contributed by atoms with van der Waals surface area (Å²) in [5, 5.41) is 9.43. The molecule has 1 unspecified atom stereocenters. The molecule has 0 aliphatic heterocycles. The van der Waals surface area contributed by atoms with Gasteiger partial charge in [-0.05, 0) is 32.1 Å². The SMILES string of the molecule is CC/C=C\CCCC(O)/C=C\CC. The third-order valence-corrected chi connectivity index (χ3v) is 1.87. The lowest BCUT2D eigenvalue weighted by molar-refractivity contribution is 0.209. The van der Waals surface area contributed by atoms with Crippen LogP contribution in [0.15, 0.2) is 24.3 Å². The Balaban J connectivity index is 3.31. The maximum atomic E-state index is 9.43. The summed E-state index contributed by atoms with van der Waals surface area (Å²) in [4.78, 5) is 0. The zero-order valence-electron chi connectivity index (χ0n) is 8.87. The van der Waals surface area contributed by atoms with E-state index in [-0.39, 0.29) is 6.10 Å². The highest BCUT2D eigenvalue weighted by atomic mass is 16.3. The molecule has 0 heterocycles. The molecule has 1 nitrogen and oxygen atoms in total. The minimum atomic E-state index is -0.241. The van der Waals surface area contributed by atoms with E-state index in [1.54, 1.807) is 0 Å². The number of allylic oxidation sites excluding steroid dienone is 3. The molecule has 1 heteroatoms. The van der Waals surface area contributed by atoms with Crippen molar-refractivity contribution in [1.29, 1.82) is 0 Å². The van der Waals surface area contributed by atoms with Gasteiger partial charge in [0.1, 0.15) is 0 Å². The van der Waals surface area contributed by atoms with Gasteiger partial charge in [-0.25, -0.2) is 0 Å².